The third-order valence-corrected chi connectivity index (χ3v) is 1.52. The summed E-state index contributed by atoms with van der Waals surface area (Å²) in [6.45, 7) is 1.74. The molecule has 0 aliphatic carbocycles. The van der Waals surface area contributed by atoms with Gasteiger partial charge in [-0.3, -0.25) is 4.79 Å². The minimum absolute atomic E-state index is 0.233. The summed E-state index contributed by atoms with van der Waals surface area (Å²) in [6.07, 6.45) is 1.82. The van der Waals surface area contributed by atoms with Crippen LogP contribution in [0.3, 0.4) is 0 Å². The second kappa shape index (κ2) is 2.68. The van der Waals surface area contributed by atoms with Crippen molar-refractivity contribution in [1.82, 2.24) is 9.59 Å². The number of hydrogen-bond acceptors (Lipinski definition) is 4. The molecule has 1 rings (SSSR count). The molecule has 0 N–H and O–H groups in total. The number of aromatic nitrogens is 2. The average Bonchev–Trinajstić information content (AvgIpc) is 2.37. The van der Waals surface area contributed by atoms with Crippen molar-refractivity contribution < 1.29 is 4.79 Å². The number of rotatable bonds is 2. The molecule has 0 bridgehead atoms. The second-order valence-electron chi connectivity index (χ2n) is 1.67. The van der Waals surface area contributed by atoms with Crippen LogP contribution >= 0.6 is 11.5 Å². The largest absolute Gasteiger partial charge is 0.290 e. The highest BCUT2D eigenvalue weighted by molar-refractivity contribution is 7.03. The van der Waals surface area contributed by atoms with Crippen LogP contribution in [0, 0.1) is 0 Å². The number of carbonyl (C=O) groups excluding carboxylic acids is 1. The first-order valence-electron chi connectivity index (χ1n) is 2.49. The summed E-state index contributed by atoms with van der Waals surface area (Å²) in [5.41, 5.74) is 0.704. The van der Waals surface area contributed by atoms with Gasteiger partial charge in [-0.1, -0.05) is 4.49 Å². The molecule has 9 heavy (non-hydrogen) atoms. The van der Waals surface area contributed by atoms with E-state index >= 15 is 0 Å². The van der Waals surface area contributed by atoms with Crippen molar-refractivity contribution in [2.24, 2.45) is 0 Å². The maximum Gasteiger partial charge on any atom is 0.207 e. The van der Waals surface area contributed by atoms with Crippen molar-refractivity contribution in [2.75, 3.05) is 0 Å². The van der Waals surface area contributed by atoms with E-state index in [1.54, 1.807) is 12.3 Å². The van der Waals surface area contributed by atoms with Gasteiger partial charge in [0, 0.05) is 5.38 Å². The fourth-order valence-corrected chi connectivity index (χ4v) is 0.969. The van der Waals surface area contributed by atoms with Crippen LogP contribution in [0.4, 0.5) is 0 Å². The van der Waals surface area contributed by atoms with E-state index in [9.17, 15) is 4.79 Å². The van der Waals surface area contributed by atoms with Crippen LogP contribution in [0.15, 0.2) is 5.38 Å². The minimum Gasteiger partial charge on any atom is -0.290 e. The van der Waals surface area contributed by atoms with E-state index in [-0.39, 0.29) is 5.92 Å². The molecule has 47 valence electrons. The van der Waals surface area contributed by atoms with Gasteiger partial charge in [0.1, 0.15) is 0 Å². The molecule has 0 fully saturated rings. The van der Waals surface area contributed by atoms with Crippen LogP contribution in [0.5, 0.6) is 0 Å². The monoisotopic (exact) mass is 141 g/mol. The molecule has 1 aromatic rings. The first-order chi connectivity index (χ1) is 4.34. The molecule has 3 nitrogen and oxygen atoms in total. The standard InChI is InChI=1S/C5H5N2OS/c1-4(2-8)5-3-9-7-6-5/h3-4H,1H3. The van der Waals surface area contributed by atoms with Gasteiger partial charge in [-0.05, 0) is 18.5 Å². The zero-order valence-corrected chi connectivity index (χ0v) is 5.68. The summed E-state index contributed by atoms with van der Waals surface area (Å²) in [5, 5.41) is 5.44. The second-order valence-corrected chi connectivity index (χ2v) is 2.28. The maximum atomic E-state index is 10.0. The van der Waals surface area contributed by atoms with Crippen molar-refractivity contribution in [3.8, 4) is 0 Å². The van der Waals surface area contributed by atoms with E-state index in [1.165, 1.54) is 11.5 Å². The summed E-state index contributed by atoms with van der Waals surface area (Å²) in [7, 11) is 0. The lowest BCUT2D eigenvalue weighted by molar-refractivity contribution is 0.545. The van der Waals surface area contributed by atoms with E-state index in [2.05, 4.69) is 9.59 Å². The van der Waals surface area contributed by atoms with Gasteiger partial charge >= 0.3 is 0 Å². The molecule has 1 unspecified atom stereocenters. The molecule has 0 spiro atoms. The highest BCUT2D eigenvalue weighted by atomic mass is 32.1. The number of nitrogens with zero attached hydrogens (tertiary/aromatic N) is 2. The van der Waals surface area contributed by atoms with E-state index in [0.717, 1.165) is 0 Å². The van der Waals surface area contributed by atoms with Crippen LogP contribution in [0.25, 0.3) is 0 Å². The molecule has 1 aromatic heterocycles. The molecule has 1 radical (unpaired) electrons. The fourth-order valence-electron chi connectivity index (χ4n) is 0.421. The van der Waals surface area contributed by atoms with Crippen LogP contribution in [0.2, 0.25) is 0 Å². The Labute approximate surface area is 56.9 Å². The Morgan fingerprint density at radius 3 is 3.11 bits per heavy atom. The number of hydrogen-bond donors (Lipinski definition) is 0. The third-order valence-electron chi connectivity index (χ3n) is 0.997. The van der Waals surface area contributed by atoms with E-state index < -0.39 is 0 Å². The molecule has 1 atom stereocenters. The lowest BCUT2D eigenvalue weighted by Gasteiger charge is -1.90. The quantitative estimate of drug-likeness (QED) is 0.610. The Balaban J connectivity index is 2.76. The lowest BCUT2D eigenvalue weighted by atomic mass is 10.2. The van der Waals surface area contributed by atoms with Crippen molar-refractivity contribution >= 4 is 17.8 Å². The summed E-state index contributed by atoms with van der Waals surface area (Å²) in [4.78, 5) is 10.0. The molecular weight excluding hydrogens is 136 g/mol. The van der Waals surface area contributed by atoms with E-state index in [0.29, 0.717) is 5.69 Å². The van der Waals surface area contributed by atoms with Gasteiger partial charge in [0.25, 0.3) is 0 Å². The van der Waals surface area contributed by atoms with Crippen molar-refractivity contribution in [1.29, 1.82) is 0 Å². The van der Waals surface area contributed by atoms with Crippen LogP contribution in [-0.4, -0.2) is 15.9 Å². The normalized spacial score (nSPS) is 13.0. The molecule has 0 amide bonds. The molecule has 0 aliphatic rings. The van der Waals surface area contributed by atoms with Crippen molar-refractivity contribution in [2.45, 2.75) is 12.8 Å². The van der Waals surface area contributed by atoms with Gasteiger partial charge in [-0.25, -0.2) is 0 Å². The van der Waals surface area contributed by atoms with Crippen LogP contribution in [0.1, 0.15) is 18.5 Å². The molecule has 1 heterocycles. The van der Waals surface area contributed by atoms with Crippen molar-refractivity contribution in [3.05, 3.63) is 11.1 Å². The summed E-state index contributed by atoms with van der Waals surface area (Å²) in [5.74, 6) is -0.233. The Bertz CT molecular complexity index is 185. The van der Waals surface area contributed by atoms with Gasteiger partial charge in [0.05, 0.1) is 11.6 Å². The first-order valence-corrected chi connectivity index (χ1v) is 3.33. The Morgan fingerprint density at radius 2 is 2.67 bits per heavy atom. The van der Waals surface area contributed by atoms with Crippen LogP contribution < -0.4 is 0 Å². The fraction of sp³-hybridized carbons (Fsp3) is 0.400. The summed E-state index contributed by atoms with van der Waals surface area (Å²) < 4.78 is 3.60. The minimum atomic E-state index is -0.233. The molecular formula is C5H5N2OS. The van der Waals surface area contributed by atoms with Crippen molar-refractivity contribution in [3.63, 3.8) is 0 Å². The van der Waals surface area contributed by atoms with Gasteiger partial charge in [-0.2, -0.15) is 0 Å². The predicted octanol–water partition coefficient (Wildman–Crippen LogP) is 0.751. The Morgan fingerprint density at radius 1 is 1.89 bits per heavy atom. The summed E-state index contributed by atoms with van der Waals surface area (Å²) in [6, 6.07) is 0. The molecule has 0 aromatic carbocycles. The summed E-state index contributed by atoms with van der Waals surface area (Å²) >= 11 is 1.24. The van der Waals surface area contributed by atoms with Gasteiger partial charge < -0.3 is 0 Å². The Hall–Kier alpha value is -0.770. The Kier molecular flexibility index (Phi) is 1.89. The lowest BCUT2D eigenvalue weighted by Crippen LogP contribution is -1.93. The maximum absolute atomic E-state index is 10.0. The van der Waals surface area contributed by atoms with Gasteiger partial charge in [-0.15, -0.1) is 5.10 Å². The zero-order chi connectivity index (χ0) is 6.69. The topological polar surface area (TPSA) is 42.9 Å². The zero-order valence-electron chi connectivity index (χ0n) is 4.87. The SMILES string of the molecule is CC([C]=O)c1csnn1. The molecule has 4 heteroatoms. The van der Waals surface area contributed by atoms with E-state index in [1.807, 2.05) is 6.29 Å². The highest BCUT2D eigenvalue weighted by Gasteiger charge is 2.05. The average molecular weight is 141 g/mol. The first kappa shape index (κ1) is 6.35. The molecule has 0 saturated carbocycles. The third kappa shape index (κ3) is 1.32. The molecule has 0 aliphatic heterocycles. The predicted molar refractivity (Wildman–Crippen MR) is 34.0 cm³/mol. The van der Waals surface area contributed by atoms with Gasteiger partial charge in [0.2, 0.25) is 6.29 Å². The smallest absolute Gasteiger partial charge is 0.207 e. The molecule has 0 saturated heterocycles. The van der Waals surface area contributed by atoms with Gasteiger partial charge in [0.15, 0.2) is 0 Å². The van der Waals surface area contributed by atoms with Crippen LogP contribution in [-0.2, 0) is 4.79 Å². The highest BCUT2D eigenvalue weighted by Crippen LogP contribution is 2.08. The van der Waals surface area contributed by atoms with E-state index in [4.69, 9.17) is 0 Å².